The zero-order valence-electron chi connectivity index (χ0n) is 11.4. The molecule has 8 heteroatoms. The molecule has 7 nitrogen and oxygen atoms in total. The summed E-state index contributed by atoms with van der Waals surface area (Å²) in [4.78, 5) is 34.6. The second-order valence-electron chi connectivity index (χ2n) is 5.01. The fraction of sp³-hybridized carbons (Fsp3) is 0.308. The predicted molar refractivity (Wildman–Crippen MR) is 71.2 cm³/mol. The molecule has 1 fully saturated rings. The van der Waals surface area contributed by atoms with Crippen LogP contribution in [0.15, 0.2) is 24.3 Å². The minimum Gasteiger partial charge on any atom is -0.350 e. The molecule has 0 aromatic heterocycles. The Balaban J connectivity index is 2.05. The maximum absolute atomic E-state index is 12.8. The van der Waals surface area contributed by atoms with Gasteiger partial charge in [-0.05, 0) is 37.5 Å². The van der Waals surface area contributed by atoms with E-state index in [4.69, 9.17) is 5.73 Å². The normalized spacial score (nSPS) is 21.3. The Kier molecular flexibility index (Phi) is 3.79. The number of nitrogens with zero attached hydrogens (tertiary/aromatic N) is 1. The van der Waals surface area contributed by atoms with Crippen LogP contribution in [0.4, 0.5) is 14.0 Å². The van der Waals surface area contributed by atoms with Crippen LogP contribution < -0.4 is 16.5 Å². The van der Waals surface area contributed by atoms with Crippen LogP contribution in [0.2, 0.25) is 0 Å². The number of nitrogens with two attached hydrogens (primary N) is 1. The number of amides is 5. The maximum Gasteiger partial charge on any atom is 0.344 e. The Bertz CT molecular complexity index is 590. The highest BCUT2D eigenvalue weighted by Gasteiger charge is 2.48. The summed E-state index contributed by atoms with van der Waals surface area (Å²) in [7, 11) is 0. The lowest BCUT2D eigenvalue weighted by atomic mass is 9.93. The molecule has 0 saturated carbocycles. The molecular weight excluding hydrogens is 279 g/mol. The van der Waals surface area contributed by atoms with Gasteiger partial charge in [0.05, 0.1) is 0 Å². The number of nitrogens with one attached hydrogen (secondary N) is 2. The standard InChI is InChI=1S/C13H15FN4O3/c1-13(7-6-8-2-4-9(14)5-3-8)10(19)18(12(21)16-13)17-11(15)20/h2-5H,6-7H2,1H3,(H,16,21)(H3,15,17,20). The highest BCUT2D eigenvalue weighted by atomic mass is 19.1. The van der Waals surface area contributed by atoms with Crippen LogP contribution >= 0.6 is 0 Å². The summed E-state index contributed by atoms with van der Waals surface area (Å²) in [6, 6.07) is 4.14. The number of aryl methyl sites for hydroxylation is 1. The molecule has 5 amide bonds. The summed E-state index contributed by atoms with van der Waals surface area (Å²) in [5.41, 5.74) is 6.56. The van der Waals surface area contributed by atoms with Crippen molar-refractivity contribution >= 4 is 18.0 Å². The zero-order valence-corrected chi connectivity index (χ0v) is 11.4. The highest BCUT2D eigenvalue weighted by molar-refractivity contribution is 6.07. The average molecular weight is 294 g/mol. The van der Waals surface area contributed by atoms with E-state index in [1.807, 2.05) is 5.43 Å². The summed E-state index contributed by atoms with van der Waals surface area (Å²) in [6.07, 6.45) is 0.771. The van der Waals surface area contributed by atoms with Crippen molar-refractivity contribution < 1.29 is 18.8 Å². The van der Waals surface area contributed by atoms with E-state index >= 15 is 0 Å². The third-order valence-corrected chi connectivity index (χ3v) is 3.31. The maximum atomic E-state index is 12.8. The van der Waals surface area contributed by atoms with Gasteiger partial charge in [0.2, 0.25) is 0 Å². The third-order valence-electron chi connectivity index (χ3n) is 3.31. The van der Waals surface area contributed by atoms with Crippen molar-refractivity contribution in [1.29, 1.82) is 0 Å². The Labute approximate surface area is 120 Å². The van der Waals surface area contributed by atoms with E-state index in [1.165, 1.54) is 12.1 Å². The van der Waals surface area contributed by atoms with Gasteiger partial charge in [-0.1, -0.05) is 12.1 Å². The molecule has 1 heterocycles. The van der Waals surface area contributed by atoms with Crippen LogP contribution in [0.25, 0.3) is 0 Å². The molecule has 1 saturated heterocycles. The van der Waals surface area contributed by atoms with Crippen LogP contribution in [0.1, 0.15) is 18.9 Å². The van der Waals surface area contributed by atoms with Gasteiger partial charge in [-0.2, -0.15) is 5.01 Å². The number of rotatable bonds is 4. The minimum absolute atomic E-state index is 0.306. The number of halogens is 1. The number of hydrogen-bond acceptors (Lipinski definition) is 3. The van der Waals surface area contributed by atoms with E-state index in [1.54, 1.807) is 19.1 Å². The fourth-order valence-electron chi connectivity index (χ4n) is 2.11. The van der Waals surface area contributed by atoms with Crippen molar-refractivity contribution in [3.8, 4) is 0 Å². The highest BCUT2D eigenvalue weighted by Crippen LogP contribution is 2.22. The van der Waals surface area contributed by atoms with Crippen molar-refractivity contribution in [3.63, 3.8) is 0 Å². The van der Waals surface area contributed by atoms with Crippen LogP contribution in [-0.2, 0) is 11.2 Å². The van der Waals surface area contributed by atoms with Crippen molar-refractivity contribution in [3.05, 3.63) is 35.6 Å². The van der Waals surface area contributed by atoms with Crippen molar-refractivity contribution in [2.24, 2.45) is 5.73 Å². The summed E-state index contributed by atoms with van der Waals surface area (Å²) < 4.78 is 12.8. The summed E-state index contributed by atoms with van der Waals surface area (Å²) in [5.74, 6) is -0.930. The molecule has 1 atom stereocenters. The van der Waals surface area contributed by atoms with E-state index in [-0.39, 0.29) is 5.82 Å². The first kappa shape index (κ1) is 14.8. The number of hydrazine groups is 1. The first-order valence-corrected chi connectivity index (χ1v) is 6.29. The molecule has 1 aromatic carbocycles. The SMILES string of the molecule is CC1(CCc2ccc(F)cc2)NC(=O)N(NC(N)=O)C1=O. The number of benzene rings is 1. The fourth-order valence-corrected chi connectivity index (χ4v) is 2.11. The Morgan fingerprint density at radius 3 is 2.57 bits per heavy atom. The Hall–Kier alpha value is -2.64. The van der Waals surface area contributed by atoms with E-state index in [0.717, 1.165) is 5.56 Å². The van der Waals surface area contributed by atoms with Gasteiger partial charge < -0.3 is 11.1 Å². The van der Waals surface area contributed by atoms with Gasteiger partial charge in [-0.3, -0.25) is 4.79 Å². The van der Waals surface area contributed by atoms with Gasteiger partial charge in [-0.15, -0.1) is 0 Å². The lowest BCUT2D eigenvalue weighted by Crippen LogP contribution is -2.50. The molecule has 0 radical (unpaired) electrons. The molecule has 0 bridgehead atoms. The van der Waals surface area contributed by atoms with E-state index in [9.17, 15) is 18.8 Å². The molecule has 1 aromatic rings. The van der Waals surface area contributed by atoms with Gasteiger partial charge in [0, 0.05) is 0 Å². The number of primary amides is 1. The smallest absolute Gasteiger partial charge is 0.344 e. The zero-order chi connectivity index (χ0) is 15.6. The molecule has 21 heavy (non-hydrogen) atoms. The molecule has 0 spiro atoms. The van der Waals surface area contributed by atoms with E-state index < -0.39 is 23.5 Å². The van der Waals surface area contributed by atoms with E-state index in [0.29, 0.717) is 17.9 Å². The molecule has 0 aliphatic carbocycles. The van der Waals surface area contributed by atoms with Gasteiger partial charge >= 0.3 is 12.1 Å². The van der Waals surface area contributed by atoms with Crippen molar-refractivity contribution in [2.75, 3.05) is 0 Å². The van der Waals surface area contributed by atoms with Gasteiger partial charge in [-0.25, -0.2) is 19.4 Å². The number of hydrogen-bond donors (Lipinski definition) is 3. The van der Waals surface area contributed by atoms with Crippen molar-refractivity contribution in [1.82, 2.24) is 15.8 Å². The monoisotopic (exact) mass is 294 g/mol. The summed E-state index contributed by atoms with van der Waals surface area (Å²) in [6.45, 7) is 1.55. The van der Waals surface area contributed by atoms with Crippen LogP contribution in [0.3, 0.4) is 0 Å². The molecule has 1 aliphatic rings. The lowest BCUT2D eigenvalue weighted by Gasteiger charge is -2.21. The van der Waals surface area contributed by atoms with Crippen molar-refractivity contribution in [2.45, 2.75) is 25.3 Å². The molecule has 1 unspecified atom stereocenters. The molecule has 4 N–H and O–H groups in total. The second kappa shape index (κ2) is 5.39. The van der Waals surface area contributed by atoms with Crippen LogP contribution in [0, 0.1) is 5.82 Å². The number of imide groups is 1. The molecule has 1 aliphatic heterocycles. The van der Waals surface area contributed by atoms with Crippen LogP contribution in [0.5, 0.6) is 0 Å². The first-order valence-electron chi connectivity index (χ1n) is 6.29. The van der Waals surface area contributed by atoms with E-state index in [2.05, 4.69) is 5.32 Å². The predicted octanol–water partition coefficient (Wildman–Crippen LogP) is 0.652. The minimum atomic E-state index is -1.14. The molecule has 112 valence electrons. The topological polar surface area (TPSA) is 105 Å². The number of carbonyl (C=O) groups excluding carboxylic acids is 3. The van der Waals surface area contributed by atoms with Gasteiger partial charge in [0.1, 0.15) is 11.4 Å². The second-order valence-corrected chi connectivity index (χ2v) is 5.01. The quantitative estimate of drug-likeness (QED) is 0.710. The average Bonchev–Trinajstić information content (AvgIpc) is 2.62. The van der Waals surface area contributed by atoms with Gasteiger partial charge in [0.15, 0.2) is 0 Å². The van der Waals surface area contributed by atoms with Gasteiger partial charge in [0.25, 0.3) is 5.91 Å². The lowest BCUT2D eigenvalue weighted by molar-refractivity contribution is -0.132. The Morgan fingerprint density at radius 2 is 2.00 bits per heavy atom. The largest absolute Gasteiger partial charge is 0.350 e. The summed E-state index contributed by atoms with van der Waals surface area (Å²) in [5, 5.41) is 3.07. The molecule has 2 rings (SSSR count). The molecular formula is C13H15FN4O3. The van der Waals surface area contributed by atoms with Crippen LogP contribution in [-0.4, -0.2) is 28.5 Å². The first-order chi connectivity index (χ1) is 9.82. The number of carbonyl (C=O) groups is 3. The number of urea groups is 2. The third kappa shape index (κ3) is 3.10. The summed E-state index contributed by atoms with van der Waals surface area (Å²) >= 11 is 0. The Morgan fingerprint density at radius 1 is 1.38 bits per heavy atom.